The van der Waals surface area contributed by atoms with Gasteiger partial charge in [0, 0.05) is 22.6 Å². The van der Waals surface area contributed by atoms with Gasteiger partial charge in [0.1, 0.15) is 5.75 Å². The SMILES string of the molecule is COC(=O)COc1ccc(-n2c(C)cc(C=O)c2C)cc1. The van der Waals surface area contributed by atoms with Gasteiger partial charge in [-0.05, 0) is 44.2 Å². The monoisotopic (exact) mass is 287 g/mol. The van der Waals surface area contributed by atoms with Crippen LogP contribution in [0.4, 0.5) is 0 Å². The van der Waals surface area contributed by atoms with Gasteiger partial charge in [-0.2, -0.15) is 0 Å². The Morgan fingerprint density at radius 2 is 1.90 bits per heavy atom. The van der Waals surface area contributed by atoms with Crippen molar-refractivity contribution in [3.63, 3.8) is 0 Å². The molecule has 0 fully saturated rings. The van der Waals surface area contributed by atoms with Crippen molar-refractivity contribution < 1.29 is 19.1 Å². The van der Waals surface area contributed by atoms with E-state index in [9.17, 15) is 9.59 Å². The minimum absolute atomic E-state index is 0.118. The predicted octanol–water partition coefficient (Wildman–Crippen LogP) is 2.46. The van der Waals surface area contributed by atoms with Crippen LogP contribution in [0.5, 0.6) is 5.75 Å². The highest BCUT2D eigenvalue weighted by Gasteiger charge is 2.10. The van der Waals surface area contributed by atoms with E-state index in [-0.39, 0.29) is 6.61 Å². The zero-order chi connectivity index (χ0) is 15.4. The number of hydrogen-bond acceptors (Lipinski definition) is 4. The van der Waals surface area contributed by atoms with E-state index < -0.39 is 5.97 Å². The fourth-order valence-electron chi connectivity index (χ4n) is 2.20. The highest BCUT2D eigenvalue weighted by molar-refractivity contribution is 5.77. The van der Waals surface area contributed by atoms with Crippen LogP contribution in [-0.4, -0.2) is 30.5 Å². The first-order valence-electron chi connectivity index (χ1n) is 6.51. The fourth-order valence-corrected chi connectivity index (χ4v) is 2.20. The molecule has 1 aromatic heterocycles. The third-order valence-electron chi connectivity index (χ3n) is 3.28. The molecule has 21 heavy (non-hydrogen) atoms. The minimum atomic E-state index is -0.424. The first kappa shape index (κ1) is 14.8. The molecule has 0 saturated heterocycles. The number of benzene rings is 1. The lowest BCUT2D eigenvalue weighted by molar-refractivity contribution is -0.142. The van der Waals surface area contributed by atoms with E-state index >= 15 is 0 Å². The van der Waals surface area contributed by atoms with E-state index in [4.69, 9.17) is 4.74 Å². The van der Waals surface area contributed by atoms with Crippen molar-refractivity contribution in [2.24, 2.45) is 0 Å². The number of carbonyl (C=O) groups excluding carboxylic acids is 2. The Bertz CT molecular complexity index is 656. The first-order chi connectivity index (χ1) is 10.1. The molecule has 2 aromatic rings. The molecule has 2 rings (SSSR count). The van der Waals surface area contributed by atoms with Crippen molar-refractivity contribution in [2.75, 3.05) is 13.7 Å². The van der Waals surface area contributed by atoms with E-state index in [0.717, 1.165) is 23.4 Å². The van der Waals surface area contributed by atoms with Crippen LogP contribution in [0.15, 0.2) is 30.3 Å². The summed E-state index contributed by atoms with van der Waals surface area (Å²) < 4.78 is 11.8. The van der Waals surface area contributed by atoms with Gasteiger partial charge in [0.25, 0.3) is 0 Å². The van der Waals surface area contributed by atoms with Gasteiger partial charge in [0.15, 0.2) is 12.9 Å². The summed E-state index contributed by atoms with van der Waals surface area (Å²) in [6.45, 7) is 3.73. The molecular weight excluding hydrogens is 270 g/mol. The van der Waals surface area contributed by atoms with Gasteiger partial charge in [-0.15, -0.1) is 0 Å². The zero-order valence-corrected chi connectivity index (χ0v) is 12.3. The molecule has 110 valence electrons. The Hall–Kier alpha value is -2.56. The second-order valence-electron chi connectivity index (χ2n) is 4.64. The molecule has 1 heterocycles. The van der Waals surface area contributed by atoms with Crippen LogP contribution in [0.2, 0.25) is 0 Å². The summed E-state index contributed by atoms with van der Waals surface area (Å²) in [6.07, 6.45) is 0.854. The van der Waals surface area contributed by atoms with Crippen LogP contribution >= 0.6 is 0 Å². The molecule has 0 aliphatic rings. The first-order valence-corrected chi connectivity index (χ1v) is 6.51. The van der Waals surface area contributed by atoms with E-state index in [2.05, 4.69) is 4.74 Å². The Morgan fingerprint density at radius 1 is 1.24 bits per heavy atom. The van der Waals surface area contributed by atoms with E-state index in [1.807, 2.05) is 36.6 Å². The number of methoxy groups -OCH3 is 1. The van der Waals surface area contributed by atoms with Crippen LogP contribution in [0, 0.1) is 13.8 Å². The average Bonchev–Trinajstić information content (AvgIpc) is 2.79. The van der Waals surface area contributed by atoms with Crippen molar-refractivity contribution in [3.05, 3.63) is 47.3 Å². The van der Waals surface area contributed by atoms with Crippen LogP contribution in [-0.2, 0) is 9.53 Å². The van der Waals surface area contributed by atoms with Gasteiger partial charge in [0.2, 0.25) is 0 Å². The van der Waals surface area contributed by atoms with E-state index in [1.165, 1.54) is 7.11 Å². The number of carbonyl (C=O) groups is 2. The lowest BCUT2D eigenvalue weighted by Crippen LogP contribution is -2.12. The molecule has 5 heteroatoms. The number of aldehydes is 1. The topological polar surface area (TPSA) is 57.5 Å². The summed E-state index contributed by atoms with van der Waals surface area (Å²) in [5.41, 5.74) is 3.49. The van der Waals surface area contributed by atoms with Gasteiger partial charge in [-0.25, -0.2) is 4.79 Å². The van der Waals surface area contributed by atoms with Gasteiger partial charge in [-0.1, -0.05) is 0 Å². The van der Waals surface area contributed by atoms with Crippen LogP contribution in [0.25, 0.3) is 5.69 Å². The quantitative estimate of drug-likeness (QED) is 0.626. The van der Waals surface area contributed by atoms with Crippen LogP contribution in [0.3, 0.4) is 0 Å². The van der Waals surface area contributed by atoms with Crippen LogP contribution < -0.4 is 4.74 Å². The number of aryl methyl sites for hydroxylation is 1. The lowest BCUT2D eigenvalue weighted by atomic mass is 10.2. The van der Waals surface area contributed by atoms with Gasteiger partial charge < -0.3 is 14.0 Å². The summed E-state index contributed by atoms with van der Waals surface area (Å²) in [6, 6.07) is 9.15. The molecule has 0 spiro atoms. The number of rotatable bonds is 5. The summed E-state index contributed by atoms with van der Waals surface area (Å²) >= 11 is 0. The third-order valence-corrected chi connectivity index (χ3v) is 3.28. The standard InChI is InChI=1S/C16H17NO4/c1-11-8-13(9-18)12(2)17(11)14-4-6-15(7-5-14)21-10-16(19)20-3/h4-9H,10H2,1-3H3. The number of ether oxygens (including phenoxy) is 2. The third kappa shape index (κ3) is 3.13. The molecule has 0 atom stereocenters. The highest BCUT2D eigenvalue weighted by atomic mass is 16.6. The Morgan fingerprint density at radius 3 is 2.43 bits per heavy atom. The molecule has 1 aromatic carbocycles. The Labute approximate surface area is 123 Å². The molecule has 0 amide bonds. The van der Waals surface area contributed by atoms with Crippen LogP contribution in [0.1, 0.15) is 21.7 Å². The normalized spacial score (nSPS) is 10.2. The predicted molar refractivity (Wildman–Crippen MR) is 78.1 cm³/mol. The molecule has 0 N–H and O–H groups in total. The maximum Gasteiger partial charge on any atom is 0.343 e. The zero-order valence-electron chi connectivity index (χ0n) is 12.3. The van der Waals surface area contributed by atoms with Crippen molar-refractivity contribution >= 4 is 12.3 Å². The lowest BCUT2D eigenvalue weighted by Gasteiger charge is -2.11. The smallest absolute Gasteiger partial charge is 0.343 e. The van der Waals surface area contributed by atoms with Crippen molar-refractivity contribution in [3.8, 4) is 11.4 Å². The number of nitrogens with zero attached hydrogens (tertiary/aromatic N) is 1. The molecule has 0 unspecified atom stereocenters. The molecule has 0 bridgehead atoms. The van der Waals surface area contributed by atoms with Crippen molar-refractivity contribution in [1.29, 1.82) is 0 Å². The number of esters is 1. The Balaban J connectivity index is 2.21. The van der Waals surface area contributed by atoms with E-state index in [0.29, 0.717) is 11.3 Å². The molecule has 0 aliphatic carbocycles. The molecule has 0 saturated carbocycles. The summed E-state index contributed by atoms with van der Waals surface area (Å²) in [7, 11) is 1.32. The summed E-state index contributed by atoms with van der Waals surface area (Å²) in [5.74, 6) is 0.161. The van der Waals surface area contributed by atoms with Gasteiger partial charge in [0.05, 0.1) is 7.11 Å². The minimum Gasteiger partial charge on any atom is -0.482 e. The molecule has 0 radical (unpaired) electrons. The highest BCUT2D eigenvalue weighted by Crippen LogP contribution is 2.22. The summed E-state index contributed by atoms with van der Waals surface area (Å²) in [5, 5.41) is 0. The number of hydrogen-bond donors (Lipinski definition) is 0. The second kappa shape index (κ2) is 6.26. The van der Waals surface area contributed by atoms with Gasteiger partial charge in [-0.3, -0.25) is 4.79 Å². The molecule has 5 nitrogen and oxygen atoms in total. The average molecular weight is 287 g/mol. The van der Waals surface area contributed by atoms with Crippen molar-refractivity contribution in [1.82, 2.24) is 4.57 Å². The van der Waals surface area contributed by atoms with Gasteiger partial charge >= 0.3 is 5.97 Å². The van der Waals surface area contributed by atoms with E-state index in [1.54, 1.807) is 12.1 Å². The second-order valence-corrected chi connectivity index (χ2v) is 4.64. The fraction of sp³-hybridized carbons (Fsp3) is 0.250. The maximum atomic E-state index is 11.0. The largest absolute Gasteiger partial charge is 0.482 e. The van der Waals surface area contributed by atoms with Crippen molar-refractivity contribution in [2.45, 2.75) is 13.8 Å². The molecule has 0 aliphatic heterocycles. The Kier molecular flexibility index (Phi) is 4.42. The maximum absolute atomic E-state index is 11.0. The molecular formula is C16H17NO4. The summed E-state index contributed by atoms with van der Waals surface area (Å²) in [4.78, 5) is 22.0. The number of aromatic nitrogens is 1.